The second-order valence-corrected chi connectivity index (χ2v) is 6.49. The van der Waals surface area contributed by atoms with Gasteiger partial charge in [0, 0.05) is 12.4 Å². The third kappa shape index (κ3) is 4.64. The number of amides is 1. The fraction of sp³-hybridized carbons (Fsp3) is 0.0870. The number of carbonyl (C=O) groups is 1. The standard InChI is InChI=1S/C23H20N4O3/c1-29-19-9-11-20(12-10-19)30-23-21(8-5-13-24-23)26-22(28)14-17-15-25-27(16-17)18-6-3-2-4-7-18/h2-13,15-16H,14H2,1H3,(H,26,28). The summed E-state index contributed by atoms with van der Waals surface area (Å²) in [7, 11) is 1.60. The van der Waals surface area contributed by atoms with Gasteiger partial charge in [-0.15, -0.1) is 0 Å². The summed E-state index contributed by atoms with van der Waals surface area (Å²) in [5.41, 5.74) is 2.23. The highest BCUT2D eigenvalue weighted by molar-refractivity contribution is 5.93. The number of pyridine rings is 1. The molecule has 2 aromatic heterocycles. The van der Waals surface area contributed by atoms with Crippen LogP contribution in [-0.2, 0) is 11.2 Å². The van der Waals surface area contributed by atoms with Crippen molar-refractivity contribution in [2.24, 2.45) is 0 Å². The summed E-state index contributed by atoms with van der Waals surface area (Å²) in [6.07, 6.45) is 5.32. The van der Waals surface area contributed by atoms with Gasteiger partial charge >= 0.3 is 0 Å². The van der Waals surface area contributed by atoms with Crippen LogP contribution in [0.4, 0.5) is 5.69 Å². The number of hydrogen-bond acceptors (Lipinski definition) is 5. The number of nitrogens with one attached hydrogen (secondary N) is 1. The summed E-state index contributed by atoms with van der Waals surface area (Å²) in [6, 6.07) is 20.4. The van der Waals surface area contributed by atoms with Crippen molar-refractivity contribution in [3.63, 3.8) is 0 Å². The van der Waals surface area contributed by atoms with E-state index >= 15 is 0 Å². The topological polar surface area (TPSA) is 78.3 Å². The average Bonchev–Trinajstić information content (AvgIpc) is 3.24. The molecule has 0 saturated heterocycles. The van der Waals surface area contributed by atoms with Gasteiger partial charge in [-0.1, -0.05) is 18.2 Å². The maximum atomic E-state index is 12.6. The lowest BCUT2D eigenvalue weighted by Gasteiger charge is -2.11. The van der Waals surface area contributed by atoms with E-state index < -0.39 is 0 Å². The quantitative estimate of drug-likeness (QED) is 0.502. The Kier molecular flexibility index (Phi) is 5.70. The molecule has 0 aliphatic rings. The number of benzene rings is 2. The van der Waals surface area contributed by atoms with Gasteiger partial charge in [0.15, 0.2) is 0 Å². The Hall–Kier alpha value is -4.13. The summed E-state index contributed by atoms with van der Waals surface area (Å²) in [6.45, 7) is 0. The first-order valence-electron chi connectivity index (χ1n) is 9.37. The van der Waals surface area contributed by atoms with Crippen molar-refractivity contribution in [1.29, 1.82) is 0 Å². The predicted molar refractivity (Wildman–Crippen MR) is 113 cm³/mol. The van der Waals surface area contributed by atoms with Crippen LogP contribution >= 0.6 is 0 Å². The fourth-order valence-electron chi connectivity index (χ4n) is 2.88. The molecule has 2 heterocycles. The molecule has 0 atom stereocenters. The molecule has 7 nitrogen and oxygen atoms in total. The van der Waals surface area contributed by atoms with Crippen molar-refractivity contribution < 1.29 is 14.3 Å². The summed E-state index contributed by atoms with van der Waals surface area (Å²) in [5.74, 6) is 1.45. The Morgan fingerprint density at radius 1 is 1.00 bits per heavy atom. The number of methoxy groups -OCH3 is 1. The molecule has 0 aliphatic heterocycles. The number of nitrogens with zero attached hydrogens (tertiary/aromatic N) is 3. The largest absolute Gasteiger partial charge is 0.497 e. The molecule has 150 valence electrons. The van der Waals surface area contributed by atoms with E-state index in [-0.39, 0.29) is 12.3 Å². The van der Waals surface area contributed by atoms with Crippen LogP contribution in [0.2, 0.25) is 0 Å². The Labute approximate surface area is 173 Å². The minimum atomic E-state index is -0.185. The third-order valence-electron chi connectivity index (χ3n) is 4.34. The van der Waals surface area contributed by atoms with E-state index in [4.69, 9.17) is 9.47 Å². The second-order valence-electron chi connectivity index (χ2n) is 6.49. The number of ether oxygens (including phenoxy) is 2. The molecule has 30 heavy (non-hydrogen) atoms. The number of hydrogen-bond donors (Lipinski definition) is 1. The number of rotatable bonds is 7. The Balaban J connectivity index is 1.43. The van der Waals surface area contributed by atoms with Gasteiger partial charge in [0.2, 0.25) is 11.8 Å². The molecule has 0 bridgehead atoms. The highest BCUT2D eigenvalue weighted by Crippen LogP contribution is 2.28. The van der Waals surface area contributed by atoms with Gasteiger partial charge in [-0.3, -0.25) is 4.79 Å². The van der Waals surface area contributed by atoms with E-state index in [2.05, 4.69) is 15.4 Å². The van der Waals surface area contributed by atoms with E-state index in [1.54, 1.807) is 60.6 Å². The zero-order valence-corrected chi connectivity index (χ0v) is 16.4. The van der Waals surface area contributed by atoms with Gasteiger partial charge in [-0.25, -0.2) is 9.67 Å². The van der Waals surface area contributed by atoms with Crippen molar-refractivity contribution in [3.8, 4) is 23.1 Å². The van der Waals surface area contributed by atoms with Gasteiger partial charge in [0.05, 0.1) is 25.4 Å². The van der Waals surface area contributed by atoms with Crippen molar-refractivity contribution >= 4 is 11.6 Å². The Morgan fingerprint density at radius 2 is 1.77 bits per heavy atom. The maximum Gasteiger partial charge on any atom is 0.243 e. The van der Waals surface area contributed by atoms with E-state index in [9.17, 15) is 4.79 Å². The first-order chi connectivity index (χ1) is 14.7. The summed E-state index contributed by atoms with van der Waals surface area (Å²) in [4.78, 5) is 16.8. The molecular weight excluding hydrogens is 380 g/mol. The molecule has 1 N–H and O–H groups in total. The average molecular weight is 400 g/mol. The summed E-state index contributed by atoms with van der Waals surface area (Å²) < 4.78 is 12.7. The van der Waals surface area contributed by atoms with Gasteiger partial charge in [-0.05, 0) is 54.1 Å². The van der Waals surface area contributed by atoms with Crippen molar-refractivity contribution in [3.05, 3.63) is 90.9 Å². The van der Waals surface area contributed by atoms with Crippen molar-refractivity contribution in [2.75, 3.05) is 12.4 Å². The van der Waals surface area contributed by atoms with Gasteiger partial charge in [0.1, 0.15) is 17.2 Å². The zero-order chi connectivity index (χ0) is 20.8. The van der Waals surface area contributed by atoms with Crippen LogP contribution in [0.15, 0.2) is 85.3 Å². The molecule has 7 heteroatoms. The van der Waals surface area contributed by atoms with Gasteiger partial charge in [-0.2, -0.15) is 5.10 Å². The summed E-state index contributed by atoms with van der Waals surface area (Å²) in [5, 5.41) is 7.19. The first-order valence-corrected chi connectivity index (χ1v) is 9.37. The lowest BCUT2D eigenvalue weighted by molar-refractivity contribution is -0.115. The fourth-order valence-corrected chi connectivity index (χ4v) is 2.88. The molecule has 0 aliphatic carbocycles. The first kappa shape index (κ1) is 19.2. The molecule has 4 rings (SSSR count). The molecule has 4 aromatic rings. The van der Waals surface area contributed by atoms with Gasteiger partial charge < -0.3 is 14.8 Å². The number of aromatic nitrogens is 3. The molecule has 0 unspecified atom stereocenters. The van der Waals surface area contributed by atoms with E-state index in [1.807, 2.05) is 36.5 Å². The minimum absolute atomic E-state index is 0.184. The Bertz CT molecular complexity index is 1120. The number of carbonyl (C=O) groups excluding carboxylic acids is 1. The molecule has 0 saturated carbocycles. The van der Waals surface area contributed by atoms with E-state index in [0.717, 1.165) is 17.0 Å². The lowest BCUT2D eigenvalue weighted by Crippen LogP contribution is -2.15. The zero-order valence-electron chi connectivity index (χ0n) is 16.4. The molecule has 0 spiro atoms. The highest BCUT2D eigenvalue weighted by atomic mass is 16.5. The SMILES string of the molecule is COc1ccc(Oc2ncccc2NC(=O)Cc2cnn(-c3ccccc3)c2)cc1. The molecule has 2 aromatic carbocycles. The molecule has 1 amide bonds. The van der Waals surface area contributed by atoms with Crippen LogP contribution in [0.5, 0.6) is 17.4 Å². The van der Waals surface area contributed by atoms with Crippen LogP contribution in [-0.4, -0.2) is 27.8 Å². The van der Waals surface area contributed by atoms with Crippen LogP contribution < -0.4 is 14.8 Å². The predicted octanol–water partition coefficient (Wildman–Crippen LogP) is 4.25. The summed E-state index contributed by atoms with van der Waals surface area (Å²) >= 11 is 0. The van der Waals surface area contributed by atoms with Crippen LogP contribution in [0, 0.1) is 0 Å². The molecule has 0 radical (unpaired) electrons. The molecule has 0 fully saturated rings. The molecular formula is C23H20N4O3. The van der Waals surface area contributed by atoms with Crippen molar-refractivity contribution in [2.45, 2.75) is 6.42 Å². The monoisotopic (exact) mass is 400 g/mol. The number of para-hydroxylation sites is 1. The van der Waals surface area contributed by atoms with Crippen molar-refractivity contribution in [1.82, 2.24) is 14.8 Å². The number of anilines is 1. The van der Waals surface area contributed by atoms with E-state index in [0.29, 0.717) is 17.3 Å². The van der Waals surface area contributed by atoms with Crippen LogP contribution in [0.3, 0.4) is 0 Å². The second kappa shape index (κ2) is 8.91. The normalized spacial score (nSPS) is 10.4. The van der Waals surface area contributed by atoms with Gasteiger partial charge in [0.25, 0.3) is 0 Å². The third-order valence-corrected chi connectivity index (χ3v) is 4.34. The maximum absolute atomic E-state index is 12.6. The Morgan fingerprint density at radius 3 is 2.53 bits per heavy atom. The lowest BCUT2D eigenvalue weighted by atomic mass is 10.2. The highest BCUT2D eigenvalue weighted by Gasteiger charge is 2.12. The van der Waals surface area contributed by atoms with E-state index in [1.165, 1.54) is 0 Å². The minimum Gasteiger partial charge on any atom is -0.497 e. The van der Waals surface area contributed by atoms with Crippen LogP contribution in [0.1, 0.15) is 5.56 Å². The smallest absolute Gasteiger partial charge is 0.243 e. The van der Waals surface area contributed by atoms with Crippen LogP contribution in [0.25, 0.3) is 5.69 Å².